The summed E-state index contributed by atoms with van der Waals surface area (Å²) >= 11 is 3.15. The Morgan fingerprint density at radius 2 is 1.65 bits per heavy atom. The van der Waals surface area contributed by atoms with Crippen LogP contribution in [0, 0.1) is 11.7 Å². The molecule has 0 radical (unpaired) electrons. The molecule has 2 aromatic carbocycles. The van der Waals surface area contributed by atoms with Gasteiger partial charge >= 0.3 is 38.7 Å². The van der Waals surface area contributed by atoms with Crippen molar-refractivity contribution in [2.24, 2.45) is 5.92 Å². The molecule has 1 fully saturated rings. The predicted octanol–water partition coefficient (Wildman–Crippen LogP) is 5.33. The normalized spacial score (nSPS) is 17.1. The Labute approximate surface area is 196 Å². The van der Waals surface area contributed by atoms with Gasteiger partial charge in [-0.15, -0.1) is 0 Å². The van der Waals surface area contributed by atoms with Gasteiger partial charge in [-0.1, -0.05) is 58.4 Å². The van der Waals surface area contributed by atoms with E-state index in [1.54, 1.807) is 12.1 Å². The Bertz CT molecular complexity index is 900. The molecule has 2 aromatic rings. The zero-order valence-electron chi connectivity index (χ0n) is 15.9. The van der Waals surface area contributed by atoms with Gasteiger partial charge in [-0.25, -0.2) is 4.39 Å². The molecule has 0 spiro atoms. The van der Waals surface area contributed by atoms with E-state index in [-0.39, 0.29) is 28.8 Å². The Kier molecular flexibility index (Phi) is 12.5. The third kappa shape index (κ3) is 10.1. The van der Waals surface area contributed by atoms with Gasteiger partial charge in [-0.2, -0.15) is 21.6 Å². The van der Waals surface area contributed by atoms with Crippen molar-refractivity contribution < 1.29 is 57.1 Å². The van der Waals surface area contributed by atoms with Gasteiger partial charge in [0, 0.05) is 10.4 Å². The van der Waals surface area contributed by atoms with E-state index in [0.29, 0.717) is 16.5 Å². The number of carboxylic acids is 1. The van der Waals surface area contributed by atoms with Crippen LogP contribution in [-0.2, 0) is 36.2 Å². The van der Waals surface area contributed by atoms with Gasteiger partial charge in [0.15, 0.2) is 0 Å². The summed E-state index contributed by atoms with van der Waals surface area (Å²) in [6.45, 7) is 0.644. The van der Waals surface area contributed by atoms with Crippen molar-refractivity contribution in [2.45, 2.75) is 24.8 Å². The molecule has 0 heterocycles. The quantitative estimate of drug-likeness (QED) is 0.230. The Morgan fingerprint density at radius 1 is 1.16 bits per heavy atom. The molecular weight excluding hydrogens is 560 g/mol. The largest absolute Gasteiger partial charge is 1.00 e. The van der Waals surface area contributed by atoms with Gasteiger partial charge in [-0.05, 0) is 31.0 Å². The van der Waals surface area contributed by atoms with Crippen molar-refractivity contribution in [1.82, 2.24) is 0 Å². The van der Waals surface area contributed by atoms with Crippen molar-refractivity contribution in [2.75, 3.05) is 6.61 Å². The molecule has 1 saturated carbocycles. The molecule has 1 aliphatic carbocycles. The Hall–Kier alpha value is -1.46. The third-order valence-corrected chi connectivity index (χ3v) is 5.30. The summed E-state index contributed by atoms with van der Waals surface area (Å²) in [5, 5.41) is 8.70. The zero-order chi connectivity index (χ0) is 22.9. The SMILES string of the molecule is CCOS(=O)(=O)C(F)(F)F.O=C(O)C1CC1c1ccc(Br)cc1F.[Cu+].c1ccccc1. The monoisotopic (exact) mass is 577 g/mol. The summed E-state index contributed by atoms with van der Waals surface area (Å²) in [5.74, 6) is -1.70. The van der Waals surface area contributed by atoms with Crippen LogP contribution < -0.4 is 0 Å². The van der Waals surface area contributed by atoms with Crippen molar-refractivity contribution in [1.29, 1.82) is 0 Å². The fourth-order valence-corrected chi connectivity index (χ4v) is 3.00. The van der Waals surface area contributed by atoms with E-state index in [0.717, 1.165) is 6.92 Å². The van der Waals surface area contributed by atoms with E-state index in [2.05, 4.69) is 20.1 Å². The van der Waals surface area contributed by atoms with Crippen LogP contribution in [0.1, 0.15) is 24.8 Å². The summed E-state index contributed by atoms with van der Waals surface area (Å²) in [7, 11) is -5.35. The molecule has 5 nitrogen and oxygen atoms in total. The predicted molar refractivity (Wildman–Crippen MR) is 106 cm³/mol. The molecule has 0 bridgehead atoms. The molecule has 2 atom stereocenters. The second kappa shape index (κ2) is 13.2. The van der Waals surface area contributed by atoms with Gasteiger partial charge in [0.2, 0.25) is 0 Å². The molecule has 2 unspecified atom stereocenters. The van der Waals surface area contributed by atoms with E-state index < -0.39 is 34.1 Å². The number of alkyl halides is 3. The molecule has 176 valence electrons. The number of aliphatic carboxylic acids is 1. The number of hydrogen-bond acceptors (Lipinski definition) is 4. The summed E-state index contributed by atoms with van der Waals surface area (Å²) in [6, 6.07) is 16.7. The van der Waals surface area contributed by atoms with Crippen molar-refractivity contribution >= 4 is 32.0 Å². The van der Waals surface area contributed by atoms with Crippen LogP contribution >= 0.6 is 15.9 Å². The molecular formula is C19H19BrCuF4O5S+. The van der Waals surface area contributed by atoms with Gasteiger partial charge < -0.3 is 5.11 Å². The van der Waals surface area contributed by atoms with E-state index >= 15 is 0 Å². The maximum atomic E-state index is 13.4. The molecule has 0 amide bonds. The standard InChI is InChI=1S/C10H8BrFO2.C6H6.C3H5F3O3S.Cu/c11-5-1-2-6(9(12)3-5)7-4-8(7)10(13)14;1-2-4-6-5-3-1;1-2-9-10(7,8)3(4,5)6;/h1-3,7-8H,4H2,(H,13,14);1-6H;2H2,1H3;/q;;;+1. The minimum Gasteiger partial charge on any atom is -0.481 e. The number of carboxylic acid groups (broad SMARTS) is 1. The van der Waals surface area contributed by atoms with E-state index in [4.69, 9.17) is 5.11 Å². The minimum absolute atomic E-state index is 0. The van der Waals surface area contributed by atoms with Gasteiger partial charge in [0.25, 0.3) is 0 Å². The average Bonchev–Trinajstić information content (AvgIpc) is 3.44. The smallest absolute Gasteiger partial charge is 0.481 e. The molecule has 0 saturated heterocycles. The van der Waals surface area contributed by atoms with Crippen molar-refractivity contribution in [3.05, 3.63) is 70.5 Å². The van der Waals surface area contributed by atoms with Gasteiger partial charge in [0.1, 0.15) is 5.82 Å². The number of rotatable bonds is 4. The average molecular weight is 579 g/mol. The van der Waals surface area contributed by atoms with Crippen LogP contribution in [0.3, 0.4) is 0 Å². The molecule has 1 N–H and O–H groups in total. The first-order valence-electron chi connectivity index (χ1n) is 8.54. The van der Waals surface area contributed by atoms with E-state index in [1.807, 2.05) is 36.4 Å². The van der Waals surface area contributed by atoms with Crippen LogP contribution in [0.25, 0.3) is 0 Å². The summed E-state index contributed by atoms with van der Waals surface area (Å²) < 4.78 is 71.2. The maximum absolute atomic E-state index is 13.4. The molecule has 12 heteroatoms. The fraction of sp³-hybridized carbons (Fsp3) is 0.316. The van der Waals surface area contributed by atoms with Crippen molar-refractivity contribution in [3.8, 4) is 0 Å². The van der Waals surface area contributed by atoms with Crippen LogP contribution in [0.2, 0.25) is 0 Å². The van der Waals surface area contributed by atoms with Crippen molar-refractivity contribution in [3.63, 3.8) is 0 Å². The number of benzene rings is 2. The van der Waals surface area contributed by atoms with Gasteiger partial charge in [0.05, 0.1) is 12.5 Å². The van der Waals surface area contributed by atoms with E-state index in [1.165, 1.54) is 6.07 Å². The first-order chi connectivity index (χ1) is 13.9. The van der Waals surface area contributed by atoms with Crippen LogP contribution in [0.5, 0.6) is 0 Å². The van der Waals surface area contributed by atoms with Crippen LogP contribution in [-0.4, -0.2) is 31.6 Å². The summed E-state index contributed by atoms with van der Waals surface area (Å²) in [6.07, 6.45) is 0.549. The van der Waals surface area contributed by atoms with Gasteiger partial charge in [-0.3, -0.25) is 8.98 Å². The molecule has 1 aliphatic rings. The molecule has 0 aromatic heterocycles. The first-order valence-corrected chi connectivity index (χ1v) is 10.7. The first kappa shape index (κ1) is 29.5. The molecule has 31 heavy (non-hydrogen) atoms. The Balaban J connectivity index is 0.000000465. The summed E-state index contributed by atoms with van der Waals surface area (Å²) in [4.78, 5) is 10.6. The minimum atomic E-state index is -5.35. The third-order valence-electron chi connectivity index (χ3n) is 3.69. The van der Waals surface area contributed by atoms with Crippen LogP contribution in [0.4, 0.5) is 17.6 Å². The van der Waals surface area contributed by atoms with E-state index in [9.17, 15) is 30.8 Å². The maximum Gasteiger partial charge on any atom is 1.00 e. The molecule has 0 aliphatic heterocycles. The zero-order valence-corrected chi connectivity index (χ0v) is 19.3. The number of halogens is 5. The van der Waals surface area contributed by atoms with Crippen LogP contribution in [0.15, 0.2) is 59.1 Å². The second-order valence-electron chi connectivity index (χ2n) is 5.91. The number of carbonyl (C=O) groups is 1. The second-order valence-corrected chi connectivity index (χ2v) is 8.44. The number of hydrogen-bond donors (Lipinski definition) is 1. The topological polar surface area (TPSA) is 80.7 Å². The molecule has 3 rings (SSSR count). The fourth-order valence-electron chi connectivity index (χ4n) is 2.22. The Morgan fingerprint density at radius 3 is 1.94 bits per heavy atom. The summed E-state index contributed by atoms with van der Waals surface area (Å²) in [5.41, 5.74) is -4.79.